The highest BCUT2D eigenvalue weighted by atomic mass is 127. The molecule has 1 aromatic rings. The van der Waals surface area contributed by atoms with Crippen LogP contribution in [-0.4, -0.2) is 12.1 Å². The van der Waals surface area contributed by atoms with Gasteiger partial charge in [0.05, 0.1) is 18.3 Å². The SMILES string of the molecule is C=COC1CCC(C(=O)Oc2ccc(I)cc2)CC1. The van der Waals surface area contributed by atoms with E-state index in [4.69, 9.17) is 9.47 Å². The lowest BCUT2D eigenvalue weighted by molar-refractivity contribution is -0.140. The van der Waals surface area contributed by atoms with E-state index in [1.807, 2.05) is 24.3 Å². The van der Waals surface area contributed by atoms with Crippen LogP contribution >= 0.6 is 22.6 Å². The number of rotatable bonds is 4. The van der Waals surface area contributed by atoms with Gasteiger partial charge >= 0.3 is 5.97 Å². The Morgan fingerprint density at radius 2 is 1.84 bits per heavy atom. The second-order valence-electron chi connectivity index (χ2n) is 4.65. The average molecular weight is 372 g/mol. The molecule has 0 aliphatic heterocycles. The molecule has 0 bridgehead atoms. The Kier molecular flexibility index (Phi) is 5.24. The molecule has 102 valence electrons. The lowest BCUT2D eigenvalue weighted by atomic mass is 9.87. The zero-order chi connectivity index (χ0) is 13.7. The molecule has 0 spiro atoms. The molecule has 0 aromatic heterocycles. The van der Waals surface area contributed by atoms with Crippen LogP contribution in [0, 0.1) is 9.49 Å². The maximum Gasteiger partial charge on any atom is 0.314 e. The van der Waals surface area contributed by atoms with E-state index < -0.39 is 0 Å². The van der Waals surface area contributed by atoms with Crippen LogP contribution in [0.15, 0.2) is 37.1 Å². The monoisotopic (exact) mass is 372 g/mol. The van der Waals surface area contributed by atoms with Crippen molar-refractivity contribution in [3.8, 4) is 5.75 Å². The first-order valence-electron chi connectivity index (χ1n) is 6.42. The number of carbonyl (C=O) groups is 1. The summed E-state index contributed by atoms with van der Waals surface area (Å²) in [5, 5.41) is 0. The molecule has 0 amide bonds. The predicted octanol–water partition coefficient (Wildman–Crippen LogP) is 3.92. The van der Waals surface area contributed by atoms with Gasteiger partial charge in [-0.1, -0.05) is 6.58 Å². The normalized spacial score (nSPS) is 22.6. The summed E-state index contributed by atoms with van der Waals surface area (Å²) in [6.45, 7) is 3.56. The van der Waals surface area contributed by atoms with Gasteiger partial charge < -0.3 is 9.47 Å². The molecule has 0 atom stereocenters. The van der Waals surface area contributed by atoms with Gasteiger partial charge in [0.2, 0.25) is 0 Å². The van der Waals surface area contributed by atoms with E-state index in [2.05, 4.69) is 29.2 Å². The average Bonchev–Trinajstić information content (AvgIpc) is 2.42. The maximum atomic E-state index is 12.0. The minimum absolute atomic E-state index is 0.0102. The minimum atomic E-state index is -0.127. The highest BCUT2D eigenvalue weighted by molar-refractivity contribution is 14.1. The number of halogens is 1. The summed E-state index contributed by atoms with van der Waals surface area (Å²) in [7, 11) is 0. The zero-order valence-electron chi connectivity index (χ0n) is 10.7. The molecule has 3 nitrogen and oxygen atoms in total. The third-order valence-electron chi connectivity index (χ3n) is 3.33. The summed E-state index contributed by atoms with van der Waals surface area (Å²) >= 11 is 2.22. The van der Waals surface area contributed by atoms with E-state index in [1.165, 1.54) is 6.26 Å². The van der Waals surface area contributed by atoms with Crippen LogP contribution in [0.2, 0.25) is 0 Å². The number of hydrogen-bond acceptors (Lipinski definition) is 3. The van der Waals surface area contributed by atoms with Crippen molar-refractivity contribution >= 4 is 28.6 Å². The molecule has 1 saturated carbocycles. The van der Waals surface area contributed by atoms with Gasteiger partial charge in [-0.25, -0.2) is 0 Å². The van der Waals surface area contributed by atoms with Crippen LogP contribution < -0.4 is 4.74 Å². The first-order valence-corrected chi connectivity index (χ1v) is 7.50. The number of benzene rings is 1. The molecule has 1 fully saturated rings. The van der Waals surface area contributed by atoms with Crippen molar-refractivity contribution in [2.24, 2.45) is 5.92 Å². The second-order valence-corrected chi connectivity index (χ2v) is 5.90. The molecule has 0 N–H and O–H groups in total. The van der Waals surface area contributed by atoms with Gasteiger partial charge in [-0.15, -0.1) is 0 Å². The van der Waals surface area contributed by atoms with E-state index in [1.54, 1.807) is 0 Å². The first-order chi connectivity index (χ1) is 9.19. The standard InChI is InChI=1S/C15H17IO3/c1-2-18-13-7-3-11(4-8-13)15(17)19-14-9-5-12(16)6-10-14/h2,5-6,9-11,13H,1,3-4,7-8H2. The lowest BCUT2D eigenvalue weighted by Gasteiger charge is -2.26. The molecule has 1 aliphatic rings. The molecule has 4 heteroatoms. The summed E-state index contributed by atoms with van der Waals surface area (Å²) in [4.78, 5) is 12.0. The number of hydrogen-bond donors (Lipinski definition) is 0. The van der Waals surface area contributed by atoms with Gasteiger partial charge in [0.25, 0.3) is 0 Å². The van der Waals surface area contributed by atoms with Crippen molar-refractivity contribution in [1.29, 1.82) is 0 Å². The van der Waals surface area contributed by atoms with Gasteiger partial charge in [0.1, 0.15) is 5.75 Å². The molecule has 2 rings (SSSR count). The minimum Gasteiger partial charge on any atom is -0.499 e. The molecule has 0 unspecified atom stereocenters. The summed E-state index contributed by atoms with van der Waals surface area (Å²) in [6.07, 6.45) is 5.11. The van der Waals surface area contributed by atoms with Crippen LogP contribution in [0.3, 0.4) is 0 Å². The van der Waals surface area contributed by atoms with Crippen molar-refractivity contribution in [2.75, 3.05) is 0 Å². The van der Waals surface area contributed by atoms with E-state index >= 15 is 0 Å². The number of carbonyl (C=O) groups excluding carboxylic acids is 1. The smallest absolute Gasteiger partial charge is 0.314 e. The van der Waals surface area contributed by atoms with Crippen LogP contribution in [0.25, 0.3) is 0 Å². The molecular formula is C15H17IO3. The lowest BCUT2D eigenvalue weighted by Crippen LogP contribution is -2.28. The molecule has 1 aromatic carbocycles. The Morgan fingerprint density at radius 1 is 1.21 bits per heavy atom. The Hall–Kier alpha value is -1.04. The predicted molar refractivity (Wildman–Crippen MR) is 81.8 cm³/mol. The van der Waals surface area contributed by atoms with E-state index in [9.17, 15) is 4.79 Å². The Bertz CT molecular complexity index is 433. The van der Waals surface area contributed by atoms with Crippen molar-refractivity contribution in [1.82, 2.24) is 0 Å². The number of esters is 1. The van der Waals surface area contributed by atoms with Crippen LogP contribution in [0.4, 0.5) is 0 Å². The summed E-state index contributed by atoms with van der Waals surface area (Å²) in [6, 6.07) is 7.51. The second kappa shape index (κ2) is 6.93. The van der Waals surface area contributed by atoms with Gasteiger partial charge in [-0.3, -0.25) is 4.79 Å². The van der Waals surface area contributed by atoms with E-state index in [-0.39, 0.29) is 18.0 Å². The fraction of sp³-hybridized carbons (Fsp3) is 0.400. The highest BCUT2D eigenvalue weighted by Crippen LogP contribution is 2.28. The van der Waals surface area contributed by atoms with Crippen molar-refractivity contribution in [2.45, 2.75) is 31.8 Å². The van der Waals surface area contributed by atoms with Gasteiger partial charge in [0, 0.05) is 3.57 Å². The Balaban J connectivity index is 1.84. The van der Waals surface area contributed by atoms with Crippen molar-refractivity contribution < 1.29 is 14.3 Å². The topological polar surface area (TPSA) is 35.5 Å². The summed E-state index contributed by atoms with van der Waals surface area (Å²) < 4.78 is 11.9. The summed E-state index contributed by atoms with van der Waals surface area (Å²) in [5.41, 5.74) is 0. The Labute approximate surface area is 127 Å². The molecule has 0 saturated heterocycles. The van der Waals surface area contributed by atoms with Crippen LogP contribution in [-0.2, 0) is 9.53 Å². The van der Waals surface area contributed by atoms with Crippen LogP contribution in [0.1, 0.15) is 25.7 Å². The third kappa shape index (κ3) is 4.23. The maximum absolute atomic E-state index is 12.0. The molecular weight excluding hydrogens is 355 g/mol. The van der Waals surface area contributed by atoms with Crippen LogP contribution in [0.5, 0.6) is 5.75 Å². The highest BCUT2D eigenvalue weighted by Gasteiger charge is 2.28. The van der Waals surface area contributed by atoms with Crippen molar-refractivity contribution in [3.05, 3.63) is 40.7 Å². The molecule has 1 aliphatic carbocycles. The largest absolute Gasteiger partial charge is 0.499 e. The fourth-order valence-electron chi connectivity index (χ4n) is 2.27. The van der Waals surface area contributed by atoms with E-state index in [0.29, 0.717) is 5.75 Å². The fourth-order valence-corrected chi connectivity index (χ4v) is 2.63. The first kappa shape index (κ1) is 14.4. The zero-order valence-corrected chi connectivity index (χ0v) is 12.8. The molecule has 19 heavy (non-hydrogen) atoms. The molecule has 0 heterocycles. The Morgan fingerprint density at radius 3 is 2.42 bits per heavy atom. The molecule has 0 radical (unpaired) electrons. The number of ether oxygens (including phenoxy) is 2. The van der Waals surface area contributed by atoms with E-state index in [0.717, 1.165) is 29.3 Å². The third-order valence-corrected chi connectivity index (χ3v) is 4.05. The van der Waals surface area contributed by atoms with Crippen molar-refractivity contribution in [3.63, 3.8) is 0 Å². The quantitative estimate of drug-likeness (QED) is 0.348. The van der Waals surface area contributed by atoms with Gasteiger partial charge in [0.15, 0.2) is 0 Å². The van der Waals surface area contributed by atoms with Gasteiger partial charge in [-0.05, 0) is 72.5 Å². The van der Waals surface area contributed by atoms with Gasteiger partial charge in [-0.2, -0.15) is 0 Å². The summed E-state index contributed by atoms with van der Waals surface area (Å²) in [5.74, 6) is 0.483.